The number of nitrogens with zero attached hydrogens (tertiary/aromatic N) is 1. The summed E-state index contributed by atoms with van der Waals surface area (Å²) >= 11 is 12.1. The first kappa shape index (κ1) is 32.7. The molecule has 0 bridgehead atoms. The highest BCUT2D eigenvalue weighted by molar-refractivity contribution is 6.40. The number of allylic oxidation sites excluding steroid dienone is 1. The van der Waals surface area contributed by atoms with E-state index in [0.29, 0.717) is 17.7 Å². The van der Waals surface area contributed by atoms with Gasteiger partial charge in [-0.1, -0.05) is 29.3 Å². The summed E-state index contributed by atoms with van der Waals surface area (Å²) in [5, 5.41) is 18.5. The Hall–Kier alpha value is -2.80. The van der Waals surface area contributed by atoms with Gasteiger partial charge in [-0.2, -0.15) is 26.3 Å². The van der Waals surface area contributed by atoms with E-state index in [2.05, 4.69) is 5.32 Å². The Bertz CT molecular complexity index is 1200. The molecule has 226 valence electrons. The number of ketones is 1. The number of carboxylic acid groups (broad SMARTS) is 1. The lowest BCUT2D eigenvalue weighted by molar-refractivity contribution is -0.192. The zero-order chi connectivity index (χ0) is 30.8. The van der Waals surface area contributed by atoms with Crippen molar-refractivity contribution in [2.75, 3.05) is 13.1 Å². The van der Waals surface area contributed by atoms with Crippen LogP contribution in [0, 0.1) is 16.7 Å². The van der Waals surface area contributed by atoms with Crippen molar-refractivity contribution >= 4 is 47.1 Å². The number of rotatable bonds is 11. The van der Waals surface area contributed by atoms with Crippen molar-refractivity contribution in [2.45, 2.75) is 63.3 Å². The van der Waals surface area contributed by atoms with E-state index in [1.165, 1.54) is 18.2 Å². The van der Waals surface area contributed by atoms with Gasteiger partial charge >= 0.3 is 18.3 Å². The fourth-order valence-corrected chi connectivity index (χ4v) is 5.56. The summed E-state index contributed by atoms with van der Waals surface area (Å²) in [5.41, 5.74) is -5.60. The molecule has 0 atom stereocenters. The number of aliphatic carboxylic acids is 1. The molecule has 0 spiro atoms. The number of Topliss-reactive ketones (excluding diaryl/α,β-unsaturated/α-hetero) is 1. The predicted octanol–water partition coefficient (Wildman–Crippen LogP) is 6.44. The fourth-order valence-electron chi connectivity index (χ4n) is 4.95. The molecule has 15 heteroatoms. The zero-order valence-corrected chi connectivity index (χ0v) is 23.0. The molecule has 1 aromatic rings. The van der Waals surface area contributed by atoms with Crippen LogP contribution in [0.4, 0.5) is 26.3 Å². The molecule has 2 aliphatic rings. The van der Waals surface area contributed by atoms with E-state index >= 15 is 0 Å². The Balaban J connectivity index is 1.96. The molecular formula is C26H27Cl2F6N3O4. The average molecular weight is 630 g/mol. The molecule has 0 aliphatic heterocycles. The largest absolute Gasteiger partial charge is 0.481 e. The maximum absolute atomic E-state index is 14.2. The lowest BCUT2D eigenvalue weighted by atomic mass is 9.84. The highest BCUT2D eigenvalue weighted by Gasteiger charge is 2.64. The molecule has 2 fully saturated rings. The van der Waals surface area contributed by atoms with Gasteiger partial charge in [-0.3, -0.25) is 14.4 Å². The van der Waals surface area contributed by atoms with Crippen LogP contribution in [0.25, 0.3) is 0 Å². The molecule has 3 N–H and O–H groups in total. The second-order valence-electron chi connectivity index (χ2n) is 10.3. The maximum Gasteiger partial charge on any atom is 0.431 e. The fraction of sp³-hybridized carbons (Fsp3) is 0.538. The van der Waals surface area contributed by atoms with Crippen LogP contribution in [0.15, 0.2) is 29.5 Å². The molecule has 7 nitrogen and oxygen atoms in total. The monoisotopic (exact) mass is 629 g/mol. The first-order chi connectivity index (χ1) is 19.0. The summed E-state index contributed by atoms with van der Waals surface area (Å²) in [5.74, 6) is -3.85. The lowest BCUT2D eigenvalue weighted by Gasteiger charge is -2.32. The number of carbonyl (C=O) groups is 3. The van der Waals surface area contributed by atoms with Gasteiger partial charge in [-0.15, -0.1) is 0 Å². The second kappa shape index (κ2) is 12.6. The Morgan fingerprint density at radius 3 is 2.05 bits per heavy atom. The van der Waals surface area contributed by atoms with E-state index in [9.17, 15) is 40.7 Å². The minimum absolute atomic E-state index is 0.0985. The molecule has 0 radical (unpaired) electrons. The SMILES string of the molecule is N=C/C(C(=O)N(CC(=O)c1c(Cl)cccc1Cl)CC1(C(F)(F)F)CC1)=C(\N[C@H]1CC[C@@H](CC(=O)O)CC1)C(F)(F)F. The topological polar surface area (TPSA) is 111 Å². The van der Waals surface area contributed by atoms with Crippen LogP contribution in [-0.2, 0) is 9.59 Å². The molecular weight excluding hydrogens is 603 g/mol. The molecule has 2 aliphatic carbocycles. The quantitative estimate of drug-likeness (QED) is 0.113. The third kappa shape index (κ3) is 7.94. The van der Waals surface area contributed by atoms with Gasteiger partial charge in [0.25, 0.3) is 5.91 Å². The van der Waals surface area contributed by atoms with Crippen molar-refractivity contribution in [2.24, 2.45) is 11.3 Å². The second-order valence-corrected chi connectivity index (χ2v) is 11.2. The number of alkyl halides is 6. The Morgan fingerprint density at radius 2 is 1.61 bits per heavy atom. The summed E-state index contributed by atoms with van der Waals surface area (Å²) in [6, 6.07) is 3.14. The van der Waals surface area contributed by atoms with Crippen LogP contribution in [0.3, 0.4) is 0 Å². The standard InChI is InChI=1S/C26H27Cl2F6N3O4/c27-17-2-1-3-18(28)21(17)19(38)12-37(13-24(8-9-24)26(32,33)34)23(41)16(11-35)22(25(29,30)31)36-15-6-4-14(5-7-15)10-20(39)40/h1-3,11,14-15,35-36H,4-10,12-13H2,(H,39,40)/b22-16+,35-11?/t14-,15+. The molecule has 0 aromatic heterocycles. The molecule has 41 heavy (non-hydrogen) atoms. The summed E-state index contributed by atoms with van der Waals surface area (Å²) in [7, 11) is 0. The van der Waals surface area contributed by atoms with Gasteiger partial charge < -0.3 is 20.7 Å². The van der Waals surface area contributed by atoms with E-state index in [1.807, 2.05) is 0 Å². The summed E-state index contributed by atoms with van der Waals surface area (Å²) in [4.78, 5) is 37.8. The van der Waals surface area contributed by atoms with E-state index < -0.39 is 78.7 Å². The van der Waals surface area contributed by atoms with Crippen LogP contribution < -0.4 is 5.32 Å². The number of halogens is 8. The zero-order valence-electron chi connectivity index (χ0n) is 21.5. The van der Waals surface area contributed by atoms with Crippen molar-refractivity contribution in [3.05, 3.63) is 45.1 Å². The highest BCUT2D eigenvalue weighted by Crippen LogP contribution is 2.58. The average Bonchev–Trinajstić information content (AvgIpc) is 3.64. The number of hydrogen-bond donors (Lipinski definition) is 3. The van der Waals surface area contributed by atoms with Crippen LogP contribution in [0.2, 0.25) is 10.0 Å². The van der Waals surface area contributed by atoms with Crippen LogP contribution in [0.5, 0.6) is 0 Å². The van der Waals surface area contributed by atoms with E-state index in [1.54, 1.807) is 0 Å². The molecule has 1 aromatic carbocycles. The van der Waals surface area contributed by atoms with Crippen molar-refractivity contribution < 1.29 is 45.8 Å². The Labute approximate surface area is 241 Å². The highest BCUT2D eigenvalue weighted by atomic mass is 35.5. The lowest BCUT2D eigenvalue weighted by Crippen LogP contribution is -2.46. The summed E-state index contributed by atoms with van der Waals surface area (Å²) in [6.07, 6.45) is -9.95. The molecule has 0 heterocycles. The van der Waals surface area contributed by atoms with E-state index in [-0.39, 0.29) is 47.0 Å². The predicted molar refractivity (Wildman–Crippen MR) is 138 cm³/mol. The van der Waals surface area contributed by atoms with Crippen molar-refractivity contribution in [3.8, 4) is 0 Å². The van der Waals surface area contributed by atoms with Gasteiger partial charge in [-0.25, -0.2) is 0 Å². The summed E-state index contributed by atoms with van der Waals surface area (Å²) < 4.78 is 84.0. The number of benzene rings is 1. The first-order valence-electron chi connectivity index (χ1n) is 12.6. The number of hydrogen-bond acceptors (Lipinski definition) is 5. The molecule has 0 unspecified atom stereocenters. The van der Waals surface area contributed by atoms with Gasteiger partial charge in [-0.05, 0) is 56.6 Å². The molecule has 0 saturated heterocycles. The van der Waals surface area contributed by atoms with Gasteiger partial charge in [0.1, 0.15) is 5.70 Å². The summed E-state index contributed by atoms with van der Waals surface area (Å²) in [6.45, 7) is -2.17. The van der Waals surface area contributed by atoms with Gasteiger partial charge in [0.15, 0.2) is 5.78 Å². The normalized spacial score (nSPS) is 21.0. The molecule has 3 rings (SSSR count). The van der Waals surface area contributed by atoms with Gasteiger partial charge in [0.2, 0.25) is 0 Å². The maximum atomic E-state index is 14.2. The third-order valence-corrected chi connectivity index (χ3v) is 8.03. The minimum atomic E-state index is -5.20. The number of carboxylic acids is 1. The molecule has 1 amide bonds. The van der Waals surface area contributed by atoms with Crippen LogP contribution in [0.1, 0.15) is 55.3 Å². The van der Waals surface area contributed by atoms with Crippen molar-refractivity contribution in [3.63, 3.8) is 0 Å². The van der Waals surface area contributed by atoms with Crippen LogP contribution in [-0.4, -0.2) is 65.4 Å². The smallest absolute Gasteiger partial charge is 0.431 e. The van der Waals surface area contributed by atoms with Gasteiger partial charge in [0, 0.05) is 25.2 Å². The van der Waals surface area contributed by atoms with E-state index in [0.717, 1.165) is 0 Å². The van der Waals surface area contributed by atoms with Crippen LogP contribution >= 0.6 is 23.2 Å². The number of amides is 1. The van der Waals surface area contributed by atoms with Crippen molar-refractivity contribution in [1.82, 2.24) is 10.2 Å². The first-order valence-corrected chi connectivity index (χ1v) is 13.4. The molecule has 2 saturated carbocycles. The van der Waals surface area contributed by atoms with Crippen molar-refractivity contribution in [1.29, 1.82) is 5.41 Å². The Morgan fingerprint density at radius 1 is 1.05 bits per heavy atom. The number of carbonyl (C=O) groups excluding carboxylic acids is 2. The van der Waals surface area contributed by atoms with Gasteiger partial charge in [0.05, 0.1) is 33.1 Å². The third-order valence-electron chi connectivity index (χ3n) is 7.40. The number of nitrogens with one attached hydrogen (secondary N) is 2. The minimum Gasteiger partial charge on any atom is -0.481 e. The Kier molecular flexibility index (Phi) is 10.1. The van der Waals surface area contributed by atoms with E-state index in [4.69, 9.17) is 33.7 Å².